The van der Waals surface area contributed by atoms with Crippen molar-refractivity contribution in [1.82, 2.24) is 0 Å². The van der Waals surface area contributed by atoms with Gasteiger partial charge in [0.15, 0.2) is 0 Å². The van der Waals surface area contributed by atoms with Gasteiger partial charge in [-0.25, -0.2) is 8.78 Å². The van der Waals surface area contributed by atoms with E-state index in [-0.39, 0.29) is 5.92 Å². The van der Waals surface area contributed by atoms with Gasteiger partial charge in [-0.15, -0.1) is 0 Å². The van der Waals surface area contributed by atoms with E-state index in [0.717, 1.165) is 18.8 Å². The maximum Gasteiger partial charge on any atom is 0.422 e. The number of alkyl halides is 3. The summed E-state index contributed by atoms with van der Waals surface area (Å²) in [7, 11) is 0. The van der Waals surface area contributed by atoms with Crippen molar-refractivity contribution in [2.75, 3.05) is 0 Å². The van der Waals surface area contributed by atoms with Crippen molar-refractivity contribution < 1.29 is 31.5 Å². The second-order valence-electron chi connectivity index (χ2n) is 8.52. The van der Waals surface area contributed by atoms with E-state index in [1.807, 2.05) is 0 Å². The van der Waals surface area contributed by atoms with Gasteiger partial charge in [-0.05, 0) is 56.3 Å². The van der Waals surface area contributed by atoms with Crippen LogP contribution in [0.5, 0.6) is 5.75 Å². The van der Waals surface area contributed by atoms with Crippen molar-refractivity contribution in [3.05, 3.63) is 29.3 Å². The molecule has 0 N–H and O–H groups in total. The lowest BCUT2D eigenvalue weighted by Gasteiger charge is -2.31. The molecular formula is C22H27F5O2. The summed E-state index contributed by atoms with van der Waals surface area (Å²) in [4.78, 5) is 12.3. The molecule has 2 saturated carbocycles. The van der Waals surface area contributed by atoms with E-state index in [1.165, 1.54) is 32.1 Å². The average Bonchev–Trinajstić information content (AvgIpc) is 3.09. The summed E-state index contributed by atoms with van der Waals surface area (Å²) in [5.41, 5.74) is -1.98. The standard InChI is InChI=1S/C22H27F5O2/c1-2-3-13-4-5-16(10-13)14-6-8-15(9-7-14)21(28)29-17-11-18(23)20(19(24)12-17)22(25,26)27/h11-16H,2-10H2,1H3. The number of esters is 1. The monoisotopic (exact) mass is 418 g/mol. The van der Waals surface area contributed by atoms with Gasteiger partial charge in [0.25, 0.3) is 0 Å². The highest BCUT2D eigenvalue weighted by Crippen LogP contribution is 2.44. The van der Waals surface area contributed by atoms with E-state index in [0.29, 0.717) is 36.8 Å². The molecule has 29 heavy (non-hydrogen) atoms. The Bertz CT molecular complexity index is 699. The largest absolute Gasteiger partial charge is 0.426 e. The highest BCUT2D eigenvalue weighted by molar-refractivity contribution is 5.75. The second kappa shape index (κ2) is 9.00. The van der Waals surface area contributed by atoms with E-state index in [1.54, 1.807) is 0 Å². The predicted octanol–water partition coefficient (Wildman–Crippen LogP) is 6.91. The first-order valence-electron chi connectivity index (χ1n) is 10.5. The van der Waals surface area contributed by atoms with Crippen LogP contribution in [0.3, 0.4) is 0 Å². The molecule has 2 nitrogen and oxygen atoms in total. The number of halogens is 5. The molecule has 1 aromatic carbocycles. The Balaban J connectivity index is 1.54. The van der Waals surface area contributed by atoms with E-state index in [2.05, 4.69) is 6.92 Å². The molecule has 1 aromatic rings. The molecule has 7 heteroatoms. The van der Waals surface area contributed by atoms with Gasteiger partial charge in [-0.2, -0.15) is 13.2 Å². The molecule has 0 radical (unpaired) electrons. The van der Waals surface area contributed by atoms with Crippen LogP contribution >= 0.6 is 0 Å². The van der Waals surface area contributed by atoms with Gasteiger partial charge < -0.3 is 4.74 Å². The summed E-state index contributed by atoms with van der Waals surface area (Å²) in [6.07, 6.45) is 4.24. The predicted molar refractivity (Wildman–Crippen MR) is 98.2 cm³/mol. The Kier molecular flexibility index (Phi) is 6.84. The average molecular weight is 418 g/mol. The third kappa shape index (κ3) is 5.28. The lowest BCUT2D eigenvalue weighted by molar-refractivity contribution is -0.142. The minimum absolute atomic E-state index is 0.382. The molecule has 0 amide bonds. The molecule has 0 heterocycles. The van der Waals surface area contributed by atoms with Gasteiger partial charge >= 0.3 is 12.1 Å². The van der Waals surface area contributed by atoms with Crippen molar-refractivity contribution in [3.63, 3.8) is 0 Å². The first kappa shape index (κ1) is 22.0. The number of ether oxygens (including phenoxy) is 1. The summed E-state index contributed by atoms with van der Waals surface area (Å²) in [5, 5.41) is 0. The van der Waals surface area contributed by atoms with Gasteiger partial charge in [0, 0.05) is 12.1 Å². The van der Waals surface area contributed by atoms with Gasteiger partial charge in [-0.1, -0.05) is 26.2 Å². The van der Waals surface area contributed by atoms with E-state index >= 15 is 0 Å². The maximum absolute atomic E-state index is 13.7. The summed E-state index contributed by atoms with van der Waals surface area (Å²) in [5.74, 6) is -2.98. The second-order valence-corrected chi connectivity index (χ2v) is 8.52. The molecule has 162 valence electrons. The summed E-state index contributed by atoms with van der Waals surface area (Å²) < 4.78 is 70.2. The van der Waals surface area contributed by atoms with Crippen LogP contribution in [0.2, 0.25) is 0 Å². The fourth-order valence-corrected chi connectivity index (χ4v) is 5.12. The Morgan fingerprint density at radius 3 is 2.14 bits per heavy atom. The lowest BCUT2D eigenvalue weighted by atomic mass is 9.75. The van der Waals surface area contributed by atoms with E-state index < -0.39 is 35.1 Å². The smallest absolute Gasteiger partial charge is 0.422 e. The quantitative estimate of drug-likeness (QED) is 0.295. The molecule has 2 atom stereocenters. The minimum atomic E-state index is -5.15. The first-order chi connectivity index (χ1) is 13.7. The van der Waals surface area contributed by atoms with Gasteiger partial charge in [0.2, 0.25) is 0 Å². The molecule has 3 rings (SSSR count). The third-order valence-corrected chi connectivity index (χ3v) is 6.57. The number of carbonyl (C=O) groups excluding carboxylic acids is 1. The zero-order valence-electron chi connectivity index (χ0n) is 16.5. The van der Waals surface area contributed by atoms with Gasteiger partial charge in [0.05, 0.1) is 5.92 Å². The Morgan fingerprint density at radius 1 is 1.00 bits per heavy atom. The molecule has 0 saturated heterocycles. The third-order valence-electron chi connectivity index (χ3n) is 6.57. The molecule has 0 spiro atoms. The summed E-state index contributed by atoms with van der Waals surface area (Å²) in [6.45, 7) is 2.21. The van der Waals surface area contributed by atoms with E-state index in [4.69, 9.17) is 4.74 Å². The SMILES string of the molecule is CCCC1CCC(C2CCC(C(=O)Oc3cc(F)c(C(F)(F)F)c(F)c3)CC2)C1. The zero-order chi connectivity index (χ0) is 21.2. The van der Waals surface area contributed by atoms with Crippen molar-refractivity contribution in [2.45, 2.75) is 70.9 Å². The van der Waals surface area contributed by atoms with E-state index in [9.17, 15) is 26.7 Å². The molecular weight excluding hydrogens is 391 g/mol. The van der Waals surface area contributed by atoms with Crippen LogP contribution in [0.15, 0.2) is 12.1 Å². The van der Waals surface area contributed by atoms with Crippen molar-refractivity contribution in [3.8, 4) is 5.75 Å². The highest BCUT2D eigenvalue weighted by Gasteiger charge is 2.39. The molecule has 2 fully saturated rings. The Hall–Kier alpha value is -1.66. The number of hydrogen-bond acceptors (Lipinski definition) is 2. The minimum Gasteiger partial charge on any atom is -0.426 e. The topological polar surface area (TPSA) is 26.3 Å². The van der Waals surface area contributed by atoms with Crippen molar-refractivity contribution in [1.29, 1.82) is 0 Å². The fraction of sp³-hybridized carbons (Fsp3) is 0.682. The molecule has 2 aliphatic rings. The number of carbonyl (C=O) groups is 1. The van der Waals surface area contributed by atoms with Crippen LogP contribution in [0.1, 0.15) is 70.3 Å². The van der Waals surface area contributed by atoms with Crippen molar-refractivity contribution in [2.24, 2.45) is 23.7 Å². The van der Waals surface area contributed by atoms with Gasteiger partial charge in [-0.3, -0.25) is 4.79 Å². The number of hydrogen-bond donors (Lipinski definition) is 0. The van der Waals surface area contributed by atoms with Crippen molar-refractivity contribution >= 4 is 5.97 Å². The van der Waals surface area contributed by atoms with Crippen LogP contribution in [-0.2, 0) is 11.0 Å². The van der Waals surface area contributed by atoms with Crippen LogP contribution in [0, 0.1) is 35.3 Å². The zero-order valence-corrected chi connectivity index (χ0v) is 16.5. The molecule has 2 unspecified atom stereocenters. The van der Waals surface area contributed by atoms with Crippen LogP contribution in [0.4, 0.5) is 22.0 Å². The number of rotatable bonds is 5. The summed E-state index contributed by atoms with van der Waals surface area (Å²) >= 11 is 0. The highest BCUT2D eigenvalue weighted by atomic mass is 19.4. The van der Waals surface area contributed by atoms with Crippen LogP contribution in [0.25, 0.3) is 0 Å². The molecule has 0 aromatic heterocycles. The first-order valence-corrected chi connectivity index (χ1v) is 10.5. The van der Waals surface area contributed by atoms with Crippen LogP contribution in [-0.4, -0.2) is 5.97 Å². The maximum atomic E-state index is 13.7. The Morgan fingerprint density at radius 2 is 1.59 bits per heavy atom. The molecule has 0 bridgehead atoms. The molecule has 2 aliphatic carbocycles. The Labute approximate surface area is 167 Å². The van der Waals surface area contributed by atoms with Crippen LogP contribution < -0.4 is 4.74 Å². The normalized spacial score (nSPS) is 27.8. The lowest BCUT2D eigenvalue weighted by Crippen LogP contribution is -2.28. The fourth-order valence-electron chi connectivity index (χ4n) is 5.12. The molecule has 0 aliphatic heterocycles. The van der Waals surface area contributed by atoms with Gasteiger partial charge in [0.1, 0.15) is 22.9 Å². The summed E-state index contributed by atoms with van der Waals surface area (Å²) in [6, 6.07) is 0.837. The number of benzene rings is 1.